The predicted molar refractivity (Wildman–Crippen MR) is 80.6 cm³/mol. The van der Waals surface area contributed by atoms with Crippen molar-refractivity contribution < 1.29 is 9.72 Å². The Hall–Kier alpha value is -2.22. The van der Waals surface area contributed by atoms with Crippen molar-refractivity contribution in [1.29, 1.82) is 0 Å². The molecule has 0 unspecified atom stereocenters. The van der Waals surface area contributed by atoms with Gasteiger partial charge in [-0.05, 0) is 24.7 Å². The van der Waals surface area contributed by atoms with E-state index in [9.17, 15) is 14.9 Å². The van der Waals surface area contributed by atoms with Gasteiger partial charge in [-0.3, -0.25) is 14.9 Å². The highest BCUT2D eigenvalue weighted by Crippen LogP contribution is 2.16. The zero-order valence-corrected chi connectivity index (χ0v) is 11.8. The number of nitro benzene ring substituents is 1. The topological polar surface area (TPSA) is 96.3 Å². The van der Waals surface area contributed by atoms with Crippen molar-refractivity contribution in [3.63, 3.8) is 0 Å². The molecule has 0 radical (unpaired) electrons. The quantitative estimate of drug-likeness (QED) is 0.318. The maximum Gasteiger partial charge on any atom is 0.271 e. The molecule has 3 N–H and O–H groups in total. The fraction of sp³-hybridized carbons (Fsp3) is 0.333. The molecule has 108 valence electrons. The SMILES string of the molecule is CC(=O)NCCCNC(=S)Nc1cccc([N+](=O)[O-])c1. The van der Waals surface area contributed by atoms with Gasteiger partial charge in [0.05, 0.1) is 4.92 Å². The van der Waals surface area contributed by atoms with Crippen LogP contribution in [0.25, 0.3) is 0 Å². The van der Waals surface area contributed by atoms with E-state index in [2.05, 4.69) is 16.0 Å². The summed E-state index contributed by atoms with van der Waals surface area (Å²) in [6.45, 7) is 2.63. The van der Waals surface area contributed by atoms with Crippen molar-refractivity contribution >= 4 is 34.6 Å². The van der Waals surface area contributed by atoms with Crippen LogP contribution in [0.1, 0.15) is 13.3 Å². The molecule has 0 saturated carbocycles. The number of nitrogens with one attached hydrogen (secondary N) is 3. The van der Waals surface area contributed by atoms with Crippen LogP contribution in [0.2, 0.25) is 0 Å². The number of hydrogen-bond acceptors (Lipinski definition) is 4. The number of benzene rings is 1. The molecule has 1 aromatic rings. The normalized spacial score (nSPS) is 9.65. The van der Waals surface area contributed by atoms with E-state index in [0.29, 0.717) is 23.9 Å². The summed E-state index contributed by atoms with van der Waals surface area (Å²) in [5.41, 5.74) is 0.557. The standard InChI is InChI=1S/C12H16N4O3S/c1-9(17)13-6-3-7-14-12(20)15-10-4-2-5-11(8-10)16(18)19/h2,4-5,8H,3,6-7H2,1H3,(H,13,17)(H2,14,15,20). The largest absolute Gasteiger partial charge is 0.362 e. The molecule has 0 fully saturated rings. The van der Waals surface area contributed by atoms with Crippen molar-refractivity contribution in [3.8, 4) is 0 Å². The van der Waals surface area contributed by atoms with E-state index in [1.54, 1.807) is 12.1 Å². The Labute approximate surface area is 121 Å². The van der Waals surface area contributed by atoms with Crippen LogP contribution in [0.5, 0.6) is 0 Å². The average Bonchev–Trinajstić information content (AvgIpc) is 2.38. The van der Waals surface area contributed by atoms with Crippen LogP contribution in [0, 0.1) is 10.1 Å². The van der Waals surface area contributed by atoms with Crippen LogP contribution < -0.4 is 16.0 Å². The van der Waals surface area contributed by atoms with Gasteiger partial charge in [0.2, 0.25) is 5.91 Å². The minimum absolute atomic E-state index is 0.00320. The average molecular weight is 296 g/mol. The lowest BCUT2D eigenvalue weighted by Gasteiger charge is -2.10. The summed E-state index contributed by atoms with van der Waals surface area (Å²) in [5.74, 6) is -0.0673. The smallest absolute Gasteiger partial charge is 0.271 e. The lowest BCUT2D eigenvalue weighted by Crippen LogP contribution is -2.31. The molecule has 0 saturated heterocycles. The number of carbonyl (C=O) groups is 1. The predicted octanol–water partition coefficient (Wildman–Crippen LogP) is 1.41. The van der Waals surface area contributed by atoms with Crippen molar-refractivity contribution in [2.24, 2.45) is 0 Å². The van der Waals surface area contributed by atoms with E-state index in [0.717, 1.165) is 6.42 Å². The summed E-state index contributed by atoms with van der Waals surface area (Å²) in [4.78, 5) is 20.8. The molecule has 0 aliphatic heterocycles. The van der Waals surface area contributed by atoms with Crippen LogP contribution in [-0.2, 0) is 4.79 Å². The van der Waals surface area contributed by atoms with Crippen molar-refractivity contribution in [2.45, 2.75) is 13.3 Å². The van der Waals surface area contributed by atoms with Crippen LogP contribution in [0.3, 0.4) is 0 Å². The summed E-state index contributed by atoms with van der Waals surface area (Å²) in [5, 5.41) is 19.5. The summed E-state index contributed by atoms with van der Waals surface area (Å²) in [6.07, 6.45) is 0.732. The molecular formula is C12H16N4O3S. The van der Waals surface area contributed by atoms with E-state index < -0.39 is 4.92 Å². The van der Waals surface area contributed by atoms with E-state index in [1.165, 1.54) is 19.1 Å². The molecule has 1 amide bonds. The molecule has 0 aromatic heterocycles. The zero-order valence-electron chi connectivity index (χ0n) is 11.0. The van der Waals surface area contributed by atoms with Gasteiger partial charge >= 0.3 is 0 Å². The molecule has 0 spiro atoms. The Kier molecular flexibility index (Phi) is 6.38. The Morgan fingerprint density at radius 3 is 2.70 bits per heavy atom. The summed E-state index contributed by atoms with van der Waals surface area (Å²) in [6, 6.07) is 6.10. The van der Waals surface area contributed by atoms with Gasteiger partial charge in [0, 0.05) is 37.8 Å². The fourth-order valence-corrected chi connectivity index (χ4v) is 1.65. The molecule has 20 heavy (non-hydrogen) atoms. The van der Waals surface area contributed by atoms with Crippen LogP contribution in [0.15, 0.2) is 24.3 Å². The molecule has 0 aliphatic carbocycles. The van der Waals surface area contributed by atoms with E-state index in [-0.39, 0.29) is 11.6 Å². The number of nitro groups is 1. The highest BCUT2D eigenvalue weighted by atomic mass is 32.1. The van der Waals surface area contributed by atoms with E-state index in [1.807, 2.05) is 0 Å². The monoisotopic (exact) mass is 296 g/mol. The lowest BCUT2D eigenvalue weighted by atomic mass is 10.3. The molecule has 0 heterocycles. The van der Waals surface area contributed by atoms with E-state index >= 15 is 0 Å². The highest BCUT2D eigenvalue weighted by molar-refractivity contribution is 7.80. The molecule has 0 bridgehead atoms. The first-order valence-corrected chi connectivity index (χ1v) is 6.43. The minimum atomic E-state index is -0.463. The van der Waals surface area contributed by atoms with Gasteiger partial charge in [-0.25, -0.2) is 0 Å². The Morgan fingerprint density at radius 2 is 2.05 bits per heavy atom. The molecule has 8 heteroatoms. The van der Waals surface area contributed by atoms with Gasteiger partial charge in [-0.2, -0.15) is 0 Å². The number of thiocarbonyl (C=S) groups is 1. The molecular weight excluding hydrogens is 280 g/mol. The van der Waals surface area contributed by atoms with Crippen LogP contribution in [0.4, 0.5) is 11.4 Å². The molecule has 1 rings (SSSR count). The van der Waals surface area contributed by atoms with Gasteiger partial charge in [-0.15, -0.1) is 0 Å². The second-order valence-corrected chi connectivity index (χ2v) is 4.43. The molecule has 0 atom stereocenters. The minimum Gasteiger partial charge on any atom is -0.362 e. The first-order valence-electron chi connectivity index (χ1n) is 6.03. The fourth-order valence-electron chi connectivity index (χ4n) is 1.43. The molecule has 1 aromatic carbocycles. The van der Waals surface area contributed by atoms with Gasteiger partial charge in [0.15, 0.2) is 5.11 Å². The van der Waals surface area contributed by atoms with Crippen molar-refractivity contribution in [2.75, 3.05) is 18.4 Å². The van der Waals surface area contributed by atoms with Gasteiger partial charge in [0.25, 0.3) is 5.69 Å². The number of anilines is 1. The van der Waals surface area contributed by atoms with Crippen molar-refractivity contribution in [1.82, 2.24) is 10.6 Å². The number of hydrogen-bond donors (Lipinski definition) is 3. The highest BCUT2D eigenvalue weighted by Gasteiger charge is 2.06. The van der Waals surface area contributed by atoms with Gasteiger partial charge in [0.1, 0.15) is 0 Å². The van der Waals surface area contributed by atoms with Crippen molar-refractivity contribution in [3.05, 3.63) is 34.4 Å². The number of nitrogens with zero attached hydrogens (tertiary/aromatic N) is 1. The summed E-state index contributed by atoms with van der Waals surface area (Å²) in [7, 11) is 0. The first kappa shape index (κ1) is 15.8. The molecule has 7 nitrogen and oxygen atoms in total. The number of rotatable bonds is 6. The third-order valence-corrected chi connectivity index (χ3v) is 2.57. The number of amides is 1. The van der Waals surface area contributed by atoms with E-state index in [4.69, 9.17) is 12.2 Å². The number of carbonyl (C=O) groups excluding carboxylic acids is 1. The van der Waals surface area contributed by atoms with Crippen LogP contribution >= 0.6 is 12.2 Å². The first-order chi connectivity index (χ1) is 9.49. The summed E-state index contributed by atoms with van der Waals surface area (Å²) >= 11 is 5.07. The Bertz CT molecular complexity index is 507. The second kappa shape index (κ2) is 8.05. The second-order valence-electron chi connectivity index (χ2n) is 4.02. The Balaban J connectivity index is 2.33. The third kappa shape index (κ3) is 6.10. The maximum absolute atomic E-state index is 10.6. The summed E-state index contributed by atoms with van der Waals surface area (Å²) < 4.78 is 0. The lowest BCUT2D eigenvalue weighted by molar-refractivity contribution is -0.384. The zero-order chi connectivity index (χ0) is 15.0. The van der Waals surface area contributed by atoms with Gasteiger partial charge < -0.3 is 16.0 Å². The van der Waals surface area contributed by atoms with Gasteiger partial charge in [-0.1, -0.05) is 6.07 Å². The third-order valence-electron chi connectivity index (χ3n) is 2.33. The molecule has 0 aliphatic rings. The van der Waals surface area contributed by atoms with Crippen LogP contribution in [-0.4, -0.2) is 29.0 Å². The maximum atomic E-state index is 10.6. The Morgan fingerprint density at radius 1 is 1.35 bits per heavy atom. The number of non-ortho nitro benzene ring substituents is 1.